The van der Waals surface area contributed by atoms with Crippen LogP contribution >= 0.6 is 0 Å². The first-order valence-electron chi connectivity index (χ1n) is 4.82. The average molecular weight is 240 g/mol. The summed E-state index contributed by atoms with van der Waals surface area (Å²) in [6.45, 7) is 3.07. The maximum absolute atomic E-state index is 11.1. The second kappa shape index (κ2) is 5.24. The molecule has 7 nitrogen and oxygen atoms in total. The summed E-state index contributed by atoms with van der Waals surface area (Å²) in [5, 5.41) is 10.7. The van der Waals surface area contributed by atoms with E-state index in [-0.39, 0.29) is 5.75 Å². The highest BCUT2D eigenvalue weighted by molar-refractivity contribution is 5.74. The van der Waals surface area contributed by atoms with Crippen LogP contribution in [-0.2, 0) is 9.53 Å². The Morgan fingerprint density at radius 3 is 2.71 bits per heavy atom. The van der Waals surface area contributed by atoms with E-state index in [4.69, 9.17) is 4.74 Å². The summed E-state index contributed by atoms with van der Waals surface area (Å²) in [4.78, 5) is 24.9. The van der Waals surface area contributed by atoms with Crippen LogP contribution in [0.1, 0.15) is 12.6 Å². The fourth-order valence-corrected chi connectivity index (χ4v) is 1.16. The largest absolute Gasteiger partial charge is 0.471 e. The second-order valence-corrected chi connectivity index (χ2v) is 3.31. The molecular weight excluding hydrogens is 228 g/mol. The predicted molar refractivity (Wildman–Crippen MR) is 57.7 cm³/mol. The maximum atomic E-state index is 11.1. The van der Waals surface area contributed by atoms with Gasteiger partial charge in [-0.2, -0.15) is 0 Å². The van der Waals surface area contributed by atoms with Crippen molar-refractivity contribution in [3.05, 3.63) is 27.9 Å². The lowest BCUT2D eigenvalue weighted by Crippen LogP contribution is -2.25. The van der Waals surface area contributed by atoms with Crippen molar-refractivity contribution >= 4 is 11.8 Å². The van der Waals surface area contributed by atoms with Crippen molar-refractivity contribution in [2.45, 2.75) is 20.0 Å². The van der Waals surface area contributed by atoms with Gasteiger partial charge in [-0.1, -0.05) is 0 Å². The van der Waals surface area contributed by atoms with Gasteiger partial charge >= 0.3 is 11.8 Å². The van der Waals surface area contributed by atoms with Crippen LogP contribution in [0.15, 0.2) is 12.1 Å². The van der Waals surface area contributed by atoms with Crippen molar-refractivity contribution in [1.29, 1.82) is 0 Å². The predicted octanol–water partition coefficient (Wildman–Crippen LogP) is 1.24. The number of hydrogen-bond acceptors (Lipinski definition) is 6. The molecule has 0 saturated carbocycles. The molecule has 0 unspecified atom stereocenters. The monoisotopic (exact) mass is 240 g/mol. The Morgan fingerprint density at radius 2 is 2.18 bits per heavy atom. The molecule has 1 heterocycles. The van der Waals surface area contributed by atoms with E-state index in [1.165, 1.54) is 20.1 Å². The van der Waals surface area contributed by atoms with Crippen molar-refractivity contribution in [1.82, 2.24) is 4.98 Å². The van der Waals surface area contributed by atoms with Crippen molar-refractivity contribution in [2.75, 3.05) is 7.11 Å². The Bertz CT molecular complexity index is 446. The molecule has 1 aromatic heterocycles. The Balaban J connectivity index is 2.98. The number of pyridine rings is 1. The quantitative estimate of drug-likeness (QED) is 0.446. The molecule has 0 spiro atoms. The highest BCUT2D eigenvalue weighted by Gasteiger charge is 2.22. The van der Waals surface area contributed by atoms with Gasteiger partial charge < -0.3 is 19.6 Å². The fourth-order valence-electron chi connectivity index (χ4n) is 1.16. The number of nitrogens with zero attached hydrogens (tertiary/aromatic N) is 2. The molecule has 0 radical (unpaired) electrons. The van der Waals surface area contributed by atoms with Gasteiger partial charge in [-0.05, 0) is 29.0 Å². The molecule has 0 aliphatic heterocycles. The molecule has 0 aliphatic rings. The van der Waals surface area contributed by atoms with E-state index in [9.17, 15) is 14.9 Å². The number of aryl methyl sites for hydroxylation is 1. The molecule has 17 heavy (non-hydrogen) atoms. The molecule has 1 aromatic rings. The van der Waals surface area contributed by atoms with Crippen molar-refractivity contribution in [2.24, 2.45) is 0 Å². The molecular formula is C10H12N2O5. The zero-order valence-corrected chi connectivity index (χ0v) is 9.67. The third-order valence-electron chi connectivity index (χ3n) is 1.99. The standard InChI is InChI=1S/C10H12N2O5/c1-6-4-5-8(9(11-6)12(14)15)17-7(2)10(13)16-3/h4-5,7H,1-3H3/t7-/m1/s1. The minimum Gasteiger partial charge on any atom is -0.471 e. The Hall–Kier alpha value is -2.18. The summed E-state index contributed by atoms with van der Waals surface area (Å²) in [6.07, 6.45) is -0.928. The molecule has 0 bridgehead atoms. The van der Waals surface area contributed by atoms with Crippen LogP contribution in [-0.4, -0.2) is 29.1 Å². The summed E-state index contributed by atoms with van der Waals surface area (Å²) in [5.41, 5.74) is 0.495. The number of nitro groups is 1. The van der Waals surface area contributed by atoms with E-state index in [0.29, 0.717) is 5.69 Å². The van der Waals surface area contributed by atoms with E-state index in [1.807, 2.05) is 0 Å². The van der Waals surface area contributed by atoms with Gasteiger partial charge in [0.05, 0.1) is 7.11 Å². The lowest BCUT2D eigenvalue weighted by molar-refractivity contribution is -0.390. The summed E-state index contributed by atoms with van der Waals surface area (Å²) in [7, 11) is 1.21. The van der Waals surface area contributed by atoms with E-state index in [0.717, 1.165) is 0 Å². The number of esters is 1. The maximum Gasteiger partial charge on any atom is 0.406 e. The lowest BCUT2D eigenvalue weighted by Gasteiger charge is -2.11. The smallest absolute Gasteiger partial charge is 0.406 e. The van der Waals surface area contributed by atoms with Crippen molar-refractivity contribution in [3.8, 4) is 5.75 Å². The van der Waals surface area contributed by atoms with Crippen LogP contribution in [0.5, 0.6) is 5.75 Å². The number of carbonyl (C=O) groups is 1. The van der Waals surface area contributed by atoms with Gasteiger partial charge in [0.2, 0.25) is 5.75 Å². The highest BCUT2D eigenvalue weighted by Crippen LogP contribution is 2.25. The SMILES string of the molecule is COC(=O)[C@@H](C)Oc1ccc(C)nc1[N+](=O)[O-]. The van der Waals surface area contributed by atoms with Crippen molar-refractivity contribution < 1.29 is 19.2 Å². The molecule has 7 heteroatoms. The molecule has 1 atom stereocenters. The van der Waals surface area contributed by atoms with E-state index in [2.05, 4.69) is 9.72 Å². The first-order chi connectivity index (χ1) is 7.95. The van der Waals surface area contributed by atoms with Gasteiger partial charge in [-0.15, -0.1) is 0 Å². The molecule has 0 aliphatic carbocycles. The number of methoxy groups -OCH3 is 1. The molecule has 0 amide bonds. The average Bonchev–Trinajstić information content (AvgIpc) is 2.29. The van der Waals surface area contributed by atoms with E-state index >= 15 is 0 Å². The number of rotatable bonds is 4. The number of ether oxygens (including phenoxy) is 2. The van der Waals surface area contributed by atoms with Crippen LogP contribution in [0.3, 0.4) is 0 Å². The van der Waals surface area contributed by atoms with Gasteiger partial charge in [0.15, 0.2) is 6.10 Å². The zero-order chi connectivity index (χ0) is 13.0. The summed E-state index contributed by atoms with van der Waals surface area (Å²) in [5.74, 6) is -1.08. The molecule has 0 saturated heterocycles. The normalized spacial score (nSPS) is 11.7. The number of hydrogen-bond donors (Lipinski definition) is 0. The van der Waals surface area contributed by atoms with Crippen LogP contribution in [0.25, 0.3) is 0 Å². The third kappa shape index (κ3) is 3.13. The fraction of sp³-hybridized carbons (Fsp3) is 0.400. The highest BCUT2D eigenvalue weighted by atomic mass is 16.6. The first-order valence-corrected chi connectivity index (χ1v) is 4.82. The molecule has 0 N–H and O–H groups in total. The summed E-state index contributed by atoms with van der Waals surface area (Å²) in [6, 6.07) is 2.96. The number of carbonyl (C=O) groups excluding carboxylic acids is 1. The minimum atomic E-state index is -0.928. The van der Waals surface area contributed by atoms with Crippen LogP contribution in [0, 0.1) is 17.0 Å². The molecule has 92 valence electrons. The van der Waals surface area contributed by atoms with Gasteiger partial charge in [0, 0.05) is 6.92 Å². The Morgan fingerprint density at radius 1 is 1.53 bits per heavy atom. The van der Waals surface area contributed by atoms with Gasteiger partial charge in [0.1, 0.15) is 5.69 Å². The molecule has 0 aromatic carbocycles. The topological polar surface area (TPSA) is 91.6 Å². The van der Waals surface area contributed by atoms with Crippen molar-refractivity contribution in [3.63, 3.8) is 0 Å². The van der Waals surface area contributed by atoms with E-state index in [1.54, 1.807) is 13.0 Å². The molecule has 1 rings (SSSR count). The Kier molecular flexibility index (Phi) is 3.97. The zero-order valence-electron chi connectivity index (χ0n) is 9.67. The summed E-state index contributed by atoms with van der Waals surface area (Å²) >= 11 is 0. The van der Waals surface area contributed by atoms with Crippen LogP contribution < -0.4 is 4.74 Å². The lowest BCUT2D eigenvalue weighted by atomic mass is 10.3. The minimum absolute atomic E-state index is 0.0569. The third-order valence-corrected chi connectivity index (χ3v) is 1.99. The van der Waals surface area contributed by atoms with Gasteiger partial charge in [-0.3, -0.25) is 0 Å². The second-order valence-electron chi connectivity index (χ2n) is 3.31. The van der Waals surface area contributed by atoms with E-state index < -0.39 is 22.8 Å². The van der Waals surface area contributed by atoms with Crippen LogP contribution in [0.4, 0.5) is 5.82 Å². The van der Waals surface area contributed by atoms with Gasteiger partial charge in [-0.25, -0.2) is 4.79 Å². The Labute approximate surface area is 97.5 Å². The molecule has 0 fully saturated rings. The number of aromatic nitrogens is 1. The summed E-state index contributed by atoms with van der Waals surface area (Å²) < 4.78 is 9.59. The van der Waals surface area contributed by atoms with Gasteiger partial charge in [0.25, 0.3) is 0 Å². The first kappa shape index (κ1) is 12.9. The van der Waals surface area contributed by atoms with Crippen LogP contribution in [0.2, 0.25) is 0 Å².